The zero-order valence-corrected chi connectivity index (χ0v) is 17.2. The van der Waals surface area contributed by atoms with Crippen LogP contribution in [0.2, 0.25) is 0 Å². The Labute approximate surface area is 175 Å². The standard InChI is InChI=1S/C22H16N4OS2/c1-14-8-9-17-19(11-14)29-22(25-17)26(13-15-5-4-10-23-12-15)21(27)20-24-16-6-2-3-7-18(16)28-20/h2-12H,13H2,1H3. The van der Waals surface area contributed by atoms with Crippen LogP contribution in [0.25, 0.3) is 20.4 Å². The topological polar surface area (TPSA) is 59.0 Å². The lowest BCUT2D eigenvalue weighted by Gasteiger charge is -2.18. The molecule has 0 saturated heterocycles. The monoisotopic (exact) mass is 416 g/mol. The van der Waals surface area contributed by atoms with Crippen molar-refractivity contribution in [1.82, 2.24) is 15.0 Å². The number of carbonyl (C=O) groups excluding carboxylic acids is 1. The number of rotatable bonds is 4. The van der Waals surface area contributed by atoms with Crippen LogP contribution in [-0.2, 0) is 6.54 Å². The third-order valence-corrected chi connectivity index (χ3v) is 6.61. The molecule has 0 spiro atoms. The Kier molecular flexibility index (Phi) is 4.54. The lowest BCUT2D eigenvalue weighted by molar-refractivity contribution is 0.0985. The van der Waals surface area contributed by atoms with E-state index in [1.54, 1.807) is 17.3 Å². The molecule has 3 heterocycles. The highest BCUT2D eigenvalue weighted by Crippen LogP contribution is 2.32. The van der Waals surface area contributed by atoms with E-state index >= 15 is 0 Å². The minimum atomic E-state index is -0.147. The summed E-state index contributed by atoms with van der Waals surface area (Å²) in [6, 6.07) is 17.8. The third kappa shape index (κ3) is 3.50. The van der Waals surface area contributed by atoms with Crippen molar-refractivity contribution in [3.05, 3.63) is 83.1 Å². The van der Waals surface area contributed by atoms with Gasteiger partial charge in [-0.2, -0.15) is 0 Å². The maximum atomic E-state index is 13.5. The predicted octanol–water partition coefficient (Wildman–Crippen LogP) is 5.46. The summed E-state index contributed by atoms with van der Waals surface area (Å²) in [6.07, 6.45) is 3.50. The molecule has 0 aliphatic carbocycles. The molecular weight excluding hydrogens is 400 g/mol. The van der Waals surface area contributed by atoms with Gasteiger partial charge in [0.15, 0.2) is 10.1 Å². The molecule has 0 radical (unpaired) electrons. The van der Waals surface area contributed by atoms with Crippen LogP contribution in [0.4, 0.5) is 5.13 Å². The lowest BCUT2D eigenvalue weighted by Crippen LogP contribution is -2.30. The average molecular weight is 417 g/mol. The maximum Gasteiger partial charge on any atom is 0.289 e. The molecule has 29 heavy (non-hydrogen) atoms. The number of aromatic nitrogens is 3. The van der Waals surface area contributed by atoms with Gasteiger partial charge in [-0.05, 0) is 48.4 Å². The fourth-order valence-electron chi connectivity index (χ4n) is 3.11. The third-order valence-electron chi connectivity index (χ3n) is 4.55. The summed E-state index contributed by atoms with van der Waals surface area (Å²) in [4.78, 5) is 28.7. The molecule has 0 fully saturated rings. The van der Waals surface area contributed by atoms with E-state index in [1.165, 1.54) is 28.2 Å². The van der Waals surface area contributed by atoms with Crippen LogP contribution in [0.15, 0.2) is 67.0 Å². The first-order chi connectivity index (χ1) is 14.2. The molecule has 5 rings (SSSR count). The van der Waals surface area contributed by atoms with Gasteiger partial charge in [-0.1, -0.05) is 35.6 Å². The molecule has 0 atom stereocenters. The number of pyridine rings is 1. The second kappa shape index (κ2) is 7.35. The molecule has 2 aromatic carbocycles. The Morgan fingerprint density at radius 2 is 1.83 bits per heavy atom. The molecule has 1 amide bonds. The number of thiazole rings is 2. The molecule has 0 N–H and O–H groups in total. The van der Waals surface area contributed by atoms with E-state index in [4.69, 9.17) is 4.98 Å². The van der Waals surface area contributed by atoms with Gasteiger partial charge in [-0.15, -0.1) is 11.3 Å². The minimum absolute atomic E-state index is 0.147. The molecule has 7 heteroatoms. The van der Waals surface area contributed by atoms with Crippen molar-refractivity contribution >= 4 is 54.1 Å². The van der Waals surface area contributed by atoms with Crippen LogP contribution < -0.4 is 4.90 Å². The van der Waals surface area contributed by atoms with Crippen LogP contribution in [0.1, 0.15) is 20.9 Å². The number of fused-ring (bicyclic) bond motifs is 2. The zero-order chi connectivity index (χ0) is 19.8. The van der Waals surface area contributed by atoms with Crippen molar-refractivity contribution in [2.24, 2.45) is 0 Å². The fraction of sp³-hybridized carbons (Fsp3) is 0.0909. The predicted molar refractivity (Wildman–Crippen MR) is 119 cm³/mol. The van der Waals surface area contributed by atoms with Gasteiger partial charge < -0.3 is 0 Å². The summed E-state index contributed by atoms with van der Waals surface area (Å²) in [7, 11) is 0. The number of anilines is 1. The van der Waals surface area contributed by atoms with E-state index < -0.39 is 0 Å². The smallest absolute Gasteiger partial charge is 0.277 e. The molecule has 0 saturated carbocycles. The first-order valence-corrected chi connectivity index (χ1v) is 10.7. The molecule has 0 aliphatic heterocycles. The van der Waals surface area contributed by atoms with E-state index in [1.807, 2.05) is 48.5 Å². The molecular formula is C22H16N4OS2. The summed E-state index contributed by atoms with van der Waals surface area (Å²) < 4.78 is 2.06. The SMILES string of the molecule is Cc1ccc2nc(N(Cc3cccnc3)C(=O)c3nc4ccccc4s3)sc2c1. The summed E-state index contributed by atoms with van der Waals surface area (Å²) in [5.41, 5.74) is 3.84. The molecule has 5 nitrogen and oxygen atoms in total. The summed E-state index contributed by atoms with van der Waals surface area (Å²) in [5.74, 6) is -0.147. The van der Waals surface area contributed by atoms with Crippen molar-refractivity contribution in [3.8, 4) is 0 Å². The number of benzene rings is 2. The van der Waals surface area contributed by atoms with Crippen LogP contribution in [0.5, 0.6) is 0 Å². The first-order valence-electron chi connectivity index (χ1n) is 9.11. The van der Waals surface area contributed by atoms with Crippen molar-refractivity contribution in [1.29, 1.82) is 0 Å². The summed E-state index contributed by atoms with van der Waals surface area (Å²) >= 11 is 2.93. The van der Waals surface area contributed by atoms with Crippen LogP contribution in [0.3, 0.4) is 0 Å². The quantitative estimate of drug-likeness (QED) is 0.390. The first kappa shape index (κ1) is 17.9. The number of carbonyl (C=O) groups is 1. The number of para-hydroxylation sites is 1. The molecule has 0 aliphatic rings. The maximum absolute atomic E-state index is 13.5. The molecule has 142 valence electrons. The number of hydrogen-bond acceptors (Lipinski definition) is 6. The van der Waals surface area contributed by atoms with Crippen molar-refractivity contribution in [3.63, 3.8) is 0 Å². The van der Waals surface area contributed by atoms with Gasteiger partial charge in [-0.25, -0.2) is 9.97 Å². The Morgan fingerprint density at radius 1 is 0.966 bits per heavy atom. The van der Waals surface area contributed by atoms with Gasteiger partial charge in [-0.3, -0.25) is 14.7 Å². The largest absolute Gasteiger partial charge is 0.289 e. The highest BCUT2D eigenvalue weighted by Gasteiger charge is 2.24. The van der Waals surface area contributed by atoms with Crippen molar-refractivity contribution in [2.45, 2.75) is 13.5 Å². The van der Waals surface area contributed by atoms with E-state index in [2.05, 4.69) is 23.0 Å². The van der Waals surface area contributed by atoms with Gasteiger partial charge in [0.1, 0.15) is 0 Å². The Morgan fingerprint density at radius 3 is 2.66 bits per heavy atom. The lowest BCUT2D eigenvalue weighted by atomic mass is 10.2. The summed E-state index contributed by atoms with van der Waals surface area (Å²) in [5, 5.41) is 1.13. The minimum Gasteiger partial charge on any atom is -0.277 e. The van der Waals surface area contributed by atoms with Gasteiger partial charge >= 0.3 is 0 Å². The van der Waals surface area contributed by atoms with Crippen LogP contribution in [-0.4, -0.2) is 20.9 Å². The number of amides is 1. The van der Waals surface area contributed by atoms with Crippen LogP contribution >= 0.6 is 22.7 Å². The Hall–Kier alpha value is -3.16. The zero-order valence-electron chi connectivity index (χ0n) is 15.6. The van der Waals surface area contributed by atoms with E-state index in [-0.39, 0.29) is 5.91 Å². The fourth-order valence-corrected chi connectivity index (χ4v) is 5.09. The van der Waals surface area contributed by atoms with Crippen molar-refractivity contribution in [2.75, 3.05) is 4.90 Å². The van der Waals surface area contributed by atoms with Crippen LogP contribution in [0, 0.1) is 6.92 Å². The highest BCUT2D eigenvalue weighted by molar-refractivity contribution is 7.23. The van der Waals surface area contributed by atoms with Gasteiger partial charge in [0.05, 0.1) is 27.0 Å². The van der Waals surface area contributed by atoms with E-state index in [9.17, 15) is 4.79 Å². The Balaban J connectivity index is 1.59. The van der Waals surface area contributed by atoms with Gasteiger partial charge in [0.2, 0.25) is 0 Å². The molecule has 0 bridgehead atoms. The Bertz CT molecular complexity index is 1290. The summed E-state index contributed by atoms with van der Waals surface area (Å²) in [6.45, 7) is 2.44. The van der Waals surface area contributed by atoms with Gasteiger partial charge in [0.25, 0.3) is 5.91 Å². The molecule has 0 unspecified atom stereocenters. The van der Waals surface area contributed by atoms with Crippen molar-refractivity contribution < 1.29 is 4.79 Å². The van der Waals surface area contributed by atoms with Gasteiger partial charge in [0, 0.05) is 12.4 Å². The van der Waals surface area contributed by atoms with E-state index in [0.717, 1.165) is 26.0 Å². The number of aryl methyl sites for hydroxylation is 1. The second-order valence-electron chi connectivity index (χ2n) is 6.71. The number of hydrogen-bond donors (Lipinski definition) is 0. The molecule has 5 aromatic rings. The normalized spacial score (nSPS) is 11.2. The second-order valence-corrected chi connectivity index (χ2v) is 8.75. The average Bonchev–Trinajstić information content (AvgIpc) is 3.36. The molecule has 3 aromatic heterocycles. The highest BCUT2D eigenvalue weighted by atomic mass is 32.1. The number of nitrogens with zero attached hydrogens (tertiary/aromatic N) is 4. The van der Waals surface area contributed by atoms with E-state index in [0.29, 0.717) is 16.7 Å².